The SMILES string of the molecule is CCCCCCN(CCOc1ccc(CCCCN=C(N)NC(=O)c2nc(Cl)c(N)nc2N)cc1)C[C@@H](O)[C@H](O)[C@@H](O)[C@@H](C=O)CO. The minimum atomic E-state index is -1.58. The van der Waals surface area contributed by atoms with Gasteiger partial charge in [0.25, 0.3) is 5.91 Å². The van der Waals surface area contributed by atoms with Crippen molar-refractivity contribution in [3.05, 3.63) is 40.7 Å². The lowest BCUT2D eigenvalue weighted by molar-refractivity contribution is -0.127. The number of hydrogen-bond donors (Lipinski definition) is 8. The highest BCUT2D eigenvalue weighted by Gasteiger charge is 2.31. The number of rotatable bonds is 22. The molecule has 1 heterocycles. The average Bonchev–Trinajstić information content (AvgIpc) is 3.05. The number of aryl methyl sites for hydroxylation is 1. The van der Waals surface area contributed by atoms with E-state index in [9.17, 15) is 30.0 Å². The lowest BCUT2D eigenvalue weighted by atomic mass is 9.96. The molecule has 11 N–H and O–H groups in total. The molecular weight excluding hydrogens is 632 g/mol. The third-order valence-electron chi connectivity index (χ3n) is 7.46. The van der Waals surface area contributed by atoms with E-state index in [1.807, 2.05) is 29.2 Å². The number of aliphatic hydroxyl groups excluding tert-OH is 4. The molecule has 15 nitrogen and oxygen atoms in total. The molecule has 1 aromatic carbocycles. The predicted octanol–water partition coefficient (Wildman–Crippen LogP) is 0.513. The number of aliphatic imine (C=N–C) groups is 1. The number of carbonyl (C=O) groups is 2. The van der Waals surface area contributed by atoms with Gasteiger partial charge in [0, 0.05) is 19.6 Å². The number of nitrogens with one attached hydrogen (secondary N) is 1. The van der Waals surface area contributed by atoms with E-state index >= 15 is 0 Å². The molecule has 1 aromatic heterocycles. The number of nitrogens with two attached hydrogens (primary N) is 3. The molecule has 262 valence electrons. The van der Waals surface area contributed by atoms with Gasteiger partial charge in [0.2, 0.25) is 0 Å². The van der Waals surface area contributed by atoms with Crippen LogP contribution in [0, 0.1) is 5.92 Å². The fraction of sp³-hybridized carbons (Fsp3) is 0.581. The van der Waals surface area contributed by atoms with Crippen LogP contribution in [-0.4, -0.2) is 111 Å². The lowest BCUT2D eigenvalue weighted by Gasteiger charge is -2.30. The van der Waals surface area contributed by atoms with Gasteiger partial charge >= 0.3 is 0 Å². The maximum absolute atomic E-state index is 12.3. The monoisotopic (exact) mass is 680 g/mol. The van der Waals surface area contributed by atoms with Crippen LogP contribution in [0.15, 0.2) is 29.3 Å². The van der Waals surface area contributed by atoms with Gasteiger partial charge in [-0.15, -0.1) is 0 Å². The maximum Gasteiger partial charge on any atom is 0.280 e. The second-order valence-electron chi connectivity index (χ2n) is 11.2. The van der Waals surface area contributed by atoms with Crippen molar-refractivity contribution in [3.63, 3.8) is 0 Å². The van der Waals surface area contributed by atoms with Gasteiger partial charge in [0.15, 0.2) is 28.4 Å². The summed E-state index contributed by atoms with van der Waals surface area (Å²) in [6.45, 7) is 3.46. The number of aliphatic hydroxyl groups is 4. The summed E-state index contributed by atoms with van der Waals surface area (Å²) in [5.74, 6) is -1.52. The topological polar surface area (TPSA) is 256 Å². The summed E-state index contributed by atoms with van der Waals surface area (Å²) >= 11 is 5.81. The highest BCUT2D eigenvalue weighted by Crippen LogP contribution is 2.18. The zero-order valence-electron chi connectivity index (χ0n) is 26.8. The van der Waals surface area contributed by atoms with Gasteiger partial charge in [-0.25, -0.2) is 9.97 Å². The molecule has 0 fully saturated rings. The van der Waals surface area contributed by atoms with Crippen molar-refractivity contribution in [2.24, 2.45) is 16.6 Å². The van der Waals surface area contributed by atoms with Crippen LogP contribution in [0.2, 0.25) is 5.15 Å². The predicted molar refractivity (Wildman–Crippen MR) is 180 cm³/mol. The van der Waals surface area contributed by atoms with Crippen LogP contribution < -0.4 is 27.3 Å². The van der Waals surface area contributed by atoms with E-state index in [-0.39, 0.29) is 35.0 Å². The fourth-order valence-electron chi connectivity index (χ4n) is 4.65. The number of halogens is 1. The lowest BCUT2D eigenvalue weighted by Crippen LogP contribution is -2.49. The standard InChI is InChI=1S/C31H49ClN8O7/c1-2-3-4-7-14-40(17-23(43)26(45)25(44)21(18-41)19-42)15-16-47-22-11-9-20(10-12-22)8-5-6-13-36-31(35)39-30(46)24-28(33)38-29(34)27(32)37-24/h9-12,18,21,23,25-26,42-45H,2-8,13-17,19H2,1H3,(H4,33,34,38)(H3,35,36,39,46)/t21-,23+,25-,26-/m0/s1. The number of guanidine groups is 1. The molecule has 16 heteroatoms. The van der Waals surface area contributed by atoms with Crippen LogP contribution in [0.25, 0.3) is 0 Å². The molecule has 0 aliphatic carbocycles. The molecule has 2 rings (SSSR count). The fourth-order valence-corrected chi connectivity index (χ4v) is 4.78. The van der Waals surface area contributed by atoms with Gasteiger partial charge in [-0.3, -0.25) is 20.0 Å². The number of ether oxygens (including phenoxy) is 1. The van der Waals surface area contributed by atoms with E-state index in [1.54, 1.807) is 0 Å². The molecule has 2 aromatic rings. The summed E-state index contributed by atoms with van der Waals surface area (Å²) in [4.78, 5) is 37.1. The number of hydrogen-bond acceptors (Lipinski definition) is 13. The first-order valence-electron chi connectivity index (χ1n) is 15.7. The Morgan fingerprint density at radius 2 is 1.77 bits per heavy atom. The van der Waals surface area contributed by atoms with E-state index < -0.39 is 36.7 Å². The minimum absolute atomic E-state index is 0.0759. The van der Waals surface area contributed by atoms with Crippen molar-refractivity contribution in [3.8, 4) is 5.75 Å². The van der Waals surface area contributed by atoms with Crippen LogP contribution >= 0.6 is 11.6 Å². The Balaban J connectivity index is 1.78. The van der Waals surface area contributed by atoms with Crippen molar-refractivity contribution in [1.29, 1.82) is 0 Å². The van der Waals surface area contributed by atoms with E-state index in [0.29, 0.717) is 38.3 Å². The van der Waals surface area contributed by atoms with Crippen LogP contribution in [0.1, 0.15) is 61.5 Å². The largest absolute Gasteiger partial charge is 0.492 e. The van der Waals surface area contributed by atoms with Crippen LogP contribution in [0.5, 0.6) is 5.75 Å². The molecule has 0 radical (unpaired) electrons. The Bertz CT molecular complexity index is 1270. The van der Waals surface area contributed by atoms with Crippen molar-refractivity contribution in [2.75, 3.05) is 50.9 Å². The zero-order chi connectivity index (χ0) is 34.8. The highest BCUT2D eigenvalue weighted by atomic mass is 35.5. The molecule has 0 bridgehead atoms. The average molecular weight is 681 g/mol. The van der Waals surface area contributed by atoms with Gasteiger partial charge in [0.05, 0.1) is 24.7 Å². The number of aldehydes is 1. The number of carbonyl (C=O) groups excluding carboxylic acids is 2. The van der Waals surface area contributed by atoms with E-state index in [4.69, 9.17) is 33.5 Å². The Hall–Kier alpha value is -3.60. The Kier molecular flexibility index (Phi) is 17.9. The van der Waals surface area contributed by atoms with Crippen molar-refractivity contribution in [2.45, 2.75) is 70.2 Å². The first kappa shape index (κ1) is 39.6. The zero-order valence-corrected chi connectivity index (χ0v) is 27.6. The number of anilines is 2. The number of amides is 1. The van der Waals surface area contributed by atoms with E-state index in [2.05, 4.69) is 27.2 Å². The second-order valence-corrected chi connectivity index (χ2v) is 11.6. The van der Waals surface area contributed by atoms with Gasteiger partial charge in [-0.1, -0.05) is 49.9 Å². The Labute approximate surface area is 280 Å². The molecule has 0 saturated heterocycles. The molecular formula is C31H49ClN8O7. The van der Waals surface area contributed by atoms with E-state index in [1.165, 1.54) is 0 Å². The normalized spacial score (nSPS) is 14.4. The summed E-state index contributed by atoms with van der Waals surface area (Å²) < 4.78 is 5.92. The summed E-state index contributed by atoms with van der Waals surface area (Å²) in [5, 5.41) is 42.5. The van der Waals surface area contributed by atoms with Crippen LogP contribution in [0.4, 0.5) is 11.6 Å². The summed E-state index contributed by atoms with van der Waals surface area (Å²) in [7, 11) is 0. The number of benzene rings is 1. The van der Waals surface area contributed by atoms with Gasteiger partial charge in [-0.05, 0) is 49.9 Å². The number of nitrogens with zero attached hydrogens (tertiary/aromatic N) is 4. The Morgan fingerprint density at radius 1 is 1.04 bits per heavy atom. The first-order valence-corrected chi connectivity index (χ1v) is 16.1. The van der Waals surface area contributed by atoms with Crippen molar-refractivity contribution < 1.29 is 34.8 Å². The first-order chi connectivity index (χ1) is 22.5. The quantitative estimate of drug-likeness (QED) is 0.0365. The van der Waals surface area contributed by atoms with Gasteiger partial charge < -0.3 is 47.2 Å². The number of nitrogen functional groups attached to an aromatic ring is 2. The molecule has 1 amide bonds. The summed E-state index contributed by atoms with van der Waals surface area (Å²) in [6, 6.07) is 7.72. The summed E-state index contributed by atoms with van der Waals surface area (Å²) in [6.07, 6.45) is 2.36. The Morgan fingerprint density at radius 3 is 2.43 bits per heavy atom. The maximum atomic E-state index is 12.3. The number of aromatic nitrogens is 2. The molecule has 4 atom stereocenters. The molecule has 47 heavy (non-hydrogen) atoms. The van der Waals surface area contributed by atoms with Crippen molar-refractivity contribution in [1.82, 2.24) is 20.2 Å². The smallest absolute Gasteiger partial charge is 0.280 e. The van der Waals surface area contributed by atoms with Gasteiger partial charge in [0.1, 0.15) is 24.7 Å². The highest BCUT2D eigenvalue weighted by molar-refractivity contribution is 6.31. The molecule has 0 aliphatic rings. The second kappa shape index (κ2) is 21.3. The molecule has 0 spiro atoms. The van der Waals surface area contributed by atoms with Crippen molar-refractivity contribution >= 4 is 41.4 Å². The number of unbranched alkanes of at least 4 members (excludes halogenated alkanes) is 4. The molecule has 0 aliphatic heterocycles. The summed E-state index contributed by atoms with van der Waals surface area (Å²) in [5.41, 5.74) is 17.9. The van der Waals surface area contributed by atoms with Gasteiger partial charge in [-0.2, -0.15) is 0 Å². The van der Waals surface area contributed by atoms with Crippen LogP contribution in [-0.2, 0) is 11.2 Å². The third-order valence-corrected chi connectivity index (χ3v) is 7.74. The minimum Gasteiger partial charge on any atom is -0.492 e. The molecule has 0 saturated carbocycles. The molecule has 0 unspecified atom stereocenters. The van der Waals surface area contributed by atoms with Crippen LogP contribution in [0.3, 0.4) is 0 Å². The van der Waals surface area contributed by atoms with E-state index in [0.717, 1.165) is 50.5 Å². The third kappa shape index (κ3) is 14.0.